The fourth-order valence-electron chi connectivity index (χ4n) is 10.8. The fourth-order valence-corrected chi connectivity index (χ4v) is 12.5. The third-order valence-corrected chi connectivity index (χ3v) is 18.1. The molecular weight excluding hydrogens is 1330 g/mol. The molecule has 0 aliphatic carbocycles. The van der Waals surface area contributed by atoms with Gasteiger partial charge in [-0.2, -0.15) is 0 Å². The Bertz CT molecular complexity index is 3120. The molecule has 0 spiro atoms. The van der Waals surface area contributed by atoms with E-state index in [1.807, 2.05) is 32.2 Å². The fraction of sp³-hybridized carbons (Fsp3) is 0.627. The van der Waals surface area contributed by atoms with Crippen LogP contribution in [0.15, 0.2) is 60.7 Å². The van der Waals surface area contributed by atoms with Gasteiger partial charge >= 0.3 is 6.09 Å². The zero-order chi connectivity index (χ0) is 76.2. The van der Waals surface area contributed by atoms with Crippen molar-refractivity contribution in [3.8, 4) is 0 Å². The van der Waals surface area contributed by atoms with Crippen molar-refractivity contribution >= 4 is 85.1 Å². The topological polar surface area (TPSA) is 527 Å². The molecule has 2 aromatic carbocycles. The van der Waals surface area contributed by atoms with E-state index in [2.05, 4.69) is 83.4 Å². The summed E-state index contributed by atoms with van der Waals surface area (Å²) in [6, 6.07) is -1.61. The number of amides is 12. The molecule has 564 valence electrons. The van der Waals surface area contributed by atoms with E-state index in [-0.39, 0.29) is 63.3 Å². The molecule has 101 heavy (non-hydrogen) atoms. The molecular formula is C67H110N16O17Si. The first kappa shape index (κ1) is 86.4. The monoisotopic (exact) mass is 1440 g/mol. The number of aliphatic hydroxyl groups is 4. The van der Waals surface area contributed by atoms with Gasteiger partial charge in [0.25, 0.3) is 0 Å². The van der Waals surface area contributed by atoms with Crippen LogP contribution in [0.3, 0.4) is 0 Å². The molecule has 0 radical (unpaired) electrons. The Labute approximate surface area is 591 Å². The zero-order valence-electron chi connectivity index (χ0n) is 60.1. The summed E-state index contributed by atoms with van der Waals surface area (Å²) in [4.78, 5) is 172. The number of hydrogen-bond donors (Lipinski definition) is 20. The van der Waals surface area contributed by atoms with Crippen molar-refractivity contribution in [2.24, 2.45) is 34.6 Å². The normalized spacial score (nSPS) is 23.5. The number of primary amides is 1. The summed E-state index contributed by atoms with van der Waals surface area (Å²) in [5.41, 5.74) is 11.1. The Morgan fingerprint density at radius 1 is 0.683 bits per heavy atom. The number of carbonyl (C=O) groups is 12. The average Bonchev–Trinajstić information content (AvgIpc) is 0.812. The van der Waals surface area contributed by atoms with Crippen molar-refractivity contribution in [2.75, 3.05) is 26.2 Å². The second-order valence-corrected chi connectivity index (χ2v) is 34.2. The number of carbonyl (C=O) groups excluding carboxylic acids is 12. The smallest absolute Gasteiger partial charge is 0.407 e. The molecule has 22 N–H and O–H groups in total. The lowest BCUT2D eigenvalue weighted by atomic mass is 9.87. The Morgan fingerprint density at radius 3 is 1.77 bits per heavy atom. The zero-order valence-corrected chi connectivity index (χ0v) is 61.1. The first-order valence-corrected chi connectivity index (χ1v) is 37.7. The summed E-state index contributed by atoms with van der Waals surface area (Å²) in [6.45, 7) is 20.2. The number of nitrogens with two attached hydrogens (primary N) is 2. The molecule has 0 bridgehead atoms. The van der Waals surface area contributed by atoms with E-state index in [9.17, 15) is 63.6 Å². The van der Waals surface area contributed by atoms with Crippen molar-refractivity contribution in [3.63, 3.8) is 0 Å². The van der Waals surface area contributed by atoms with Gasteiger partial charge in [0, 0.05) is 27.2 Å². The van der Waals surface area contributed by atoms with Gasteiger partial charge in [-0.15, -0.1) is 0 Å². The second kappa shape index (κ2) is 41.2. The standard InChI is InChI=1S/C67H110N16O17Si/c1-14-37(6)47-61(95)80-48(38(7)85)60(94)73-31-46(86)78-52(54(88)55(68)89)64(98)77-45(32-84)59(93)81-49(40-24-19-16-20-25-40)50(82-58(92)44(29-67(8,9)10)72-30-41(34-101(11,12)13)74-66(99)100-33-39-22-17-15-18-23-39)62(96)83-51(53(87)36(4)5)63(97)76-43(28-35(2)3)57(91)75-42(56(90)79-47)26-21-27-71-65(69)70/h15-20,22-25,35-38,41-45,47-54,72,84-85,87-88H,14,21,26-34H2,1-13H3,(H2,68,89)(H,73,94)(H,74,99)(H,75,91)(H,76,97)(H,77,98)(H,78,86)(H,79,90)(H,80,95)(H,81,93)(H,82,92)(H,83,96)(H4,69,70,71)/t37-,38-,41+,42+,43-,44-,45-,47-,48-,49+,50-,51-,52-,53+,54-/m0/s1. The highest BCUT2D eigenvalue weighted by molar-refractivity contribution is 6.76. The molecule has 1 aliphatic rings. The van der Waals surface area contributed by atoms with Gasteiger partial charge in [0.1, 0.15) is 54.9 Å². The van der Waals surface area contributed by atoms with Gasteiger partial charge in [0.15, 0.2) is 12.1 Å². The number of guanidine groups is 1. The number of hydrogen-bond acceptors (Lipinski definition) is 19. The van der Waals surface area contributed by atoms with Crippen molar-refractivity contribution < 1.29 is 82.7 Å². The van der Waals surface area contributed by atoms with Gasteiger partial charge in [-0.05, 0) is 72.9 Å². The van der Waals surface area contributed by atoms with E-state index in [1.54, 1.807) is 58.0 Å². The third-order valence-electron chi connectivity index (χ3n) is 16.4. The maximum Gasteiger partial charge on any atom is 0.407 e. The van der Waals surface area contributed by atoms with Crippen molar-refractivity contribution in [3.05, 3.63) is 71.8 Å². The van der Waals surface area contributed by atoms with Crippen LogP contribution in [0.25, 0.3) is 0 Å². The summed E-state index contributed by atoms with van der Waals surface area (Å²) in [5, 5.41) is 85.8. The summed E-state index contributed by atoms with van der Waals surface area (Å²) in [7, 11) is -2.03. The Balaban J connectivity index is 2.42. The highest BCUT2D eigenvalue weighted by Gasteiger charge is 2.43. The summed E-state index contributed by atoms with van der Waals surface area (Å²) in [5.74, 6) is -15.5. The molecule has 1 heterocycles. The van der Waals surface area contributed by atoms with Gasteiger partial charge in [-0.1, -0.05) is 149 Å². The highest BCUT2D eigenvalue weighted by Crippen LogP contribution is 2.25. The first-order chi connectivity index (χ1) is 47.2. The maximum absolute atomic E-state index is 15.7. The van der Waals surface area contributed by atoms with Crippen LogP contribution in [-0.2, 0) is 64.1 Å². The van der Waals surface area contributed by atoms with Crippen LogP contribution in [0.1, 0.15) is 119 Å². The Hall–Kier alpha value is -8.83. The number of ether oxygens (including phenoxy) is 1. The number of rotatable bonds is 26. The molecule has 0 saturated carbocycles. The molecule has 1 aliphatic heterocycles. The molecule has 1 saturated heterocycles. The minimum absolute atomic E-state index is 0.0181. The van der Waals surface area contributed by atoms with Gasteiger partial charge in [0.05, 0.1) is 37.4 Å². The summed E-state index contributed by atoms with van der Waals surface area (Å²) in [6.07, 6.45) is -6.74. The van der Waals surface area contributed by atoms with E-state index in [1.165, 1.54) is 38.1 Å². The van der Waals surface area contributed by atoms with Crippen LogP contribution >= 0.6 is 0 Å². The van der Waals surface area contributed by atoms with Crippen molar-refractivity contribution in [1.29, 1.82) is 5.41 Å². The third kappa shape index (κ3) is 30.1. The van der Waals surface area contributed by atoms with Crippen molar-refractivity contribution in [1.82, 2.24) is 69.1 Å². The van der Waals surface area contributed by atoms with E-state index < -0.39 is 200 Å². The Morgan fingerprint density at radius 2 is 1.23 bits per heavy atom. The van der Waals surface area contributed by atoms with Crippen LogP contribution in [0.4, 0.5) is 4.79 Å². The summed E-state index contributed by atoms with van der Waals surface area (Å²) >= 11 is 0. The SMILES string of the molecule is CC[C@H](C)[C@@H]1NC(=O)[C@@H](CCCNC(=N)N)NC(=O)[C@H](CC(C)C)NC(=O)[C@H]([C@H](O)C(C)C)NC(=O)[C@@H](NC(=O)[C@H](CC(C)(C)C)NC[C@H](C[Si](C)(C)C)NC(=O)OCc2ccccc2)[C@@H](c2ccccc2)NC(=O)[C@H](CO)NC(=O)[C@H]([C@H](O)C(N)=O)NC(=O)CNC(=O)[C@H]([C@H](C)O)NC1=O. The minimum Gasteiger partial charge on any atom is -0.445 e. The van der Waals surface area contributed by atoms with Crippen LogP contribution < -0.4 is 80.6 Å². The Kier molecular flexibility index (Phi) is 35.2. The second-order valence-electron chi connectivity index (χ2n) is 28.7. The molecule has 0 aromatic heterocycles. The highest BCUT2D eigenvalue weighted by atomic mass is 28.3. The number of aliphatic hydroxyl groups excluding tert-OH is 4. The minimum atomic E-state index is -2.56. The molecule has 12 amide bonds. The van der Waals surface area contributed by atoms with Gasteiger partial charge in [-0.25, -0.2) is 4.79 Å². The average molecular weight is 1440 g/mol. The maximum atomic E-state index is 15.7. The van der Waals surface area contributed by atoms with Crippen molar-refractivity contribution in [2.45, 2.75) is 218 Å². The molecule has 15 atom stereocenters. The number of alkyl carbamates (subject to hydrolysis) is 1. The van der Waals surface area contributed by atoms with E-state index in [0.717, 1.165) is 12.5 Å². The van der Waals surface area contributed by atoms with Gasteiger partial charge in [0.2, 0.25) is 65.0 Å². The summed E-state index contributed by atoms with van der Waals surface area (Å²) < 4.78 is 5.58. The van der Waals surface area contributed by atoms with Crippen LogP contribution in [0, 0.1) is 28.6 Å². The van der Waals surface area contributed by atoms with Gasteiger partial charge < -0.3 is 106 Å². The lowest BCUT2D eigenvalue weighted by Gasteiger charge is -2.35. The predicted molar refractivity (Wildman–Crippen MR) is 376 cm³/mol. The van der Waals surface area contributed by atoms with E-state index in [0.29, 0.717) is 6.04 Å². The first-order valence-electron chi connectivity index (χ1n) is 33.9. The molecule has 0 unspecified atom stereocenters. The van der Waals surface area contributed by atoms with Crippen LogP contribution in [0.2, 0.25) is 25.7 Å². The predicted octanol–water partition coefficient (Wildman–Crippen LogP) is -2.53. The van der Waals surface area contributed by atoms with Crippen LogP contribution in [0.5, 0.6) is 0 Å². The molecule has 3 rings (SSSR count). The molecule has 2 aromatic rings. The lowest BCUT2D eigenvalue weighted by molar-refractivity contribution is -0.140. The van der Waals surface area contributed by atoms with Gasteiger partial charge in [-0.3, -0.25) is 58.1 Å². The lowest BCUT2D eigenvalue weighted by Crippen LogP contribution is -2.65. The van der Waals surface area contributed by atoms with E-state index in [4.69, 9.17) is 21.6 Å². The van der Waals surface area contributed by atoms with E-state index >= 15 is 14.4 Å². The molecule has 33 nitrogen and oxygen atoms in total. The number of nitrogens with one attached hydrogen (secondary N) is 14. The largest absolute Gasteiger partial charge is 0.445 e. The molecule has 34 heteroatoms. The van der Waals surface area contributed by atoms with Crippen LogP contribution in [-0.4, -0.2) is 211 Å². The quantitative estimate of drug-likeness (QED) is 0.0200. The number of benzene rings is 2. The molecule has 1 fully saturated rings.